The van der Waals surface area contributed by atoms with E-state index < -0.39 is 35.2 Å². The molecule has 10 heteroatoms. The first-order valence-corrected chi connectivity index (χ1v) is 12.7. The third kappa shape index (κ3) is 4.87. The second kappa shape index (κ2) is 9.21. The first kappa shape index (κ1) is 24.8. The summed E-state index contributed by atoms with van der Waals surface area (Å²) in [7, 11) is 0. The van der Waals surface area contributed by atoms with Crippen LogP contribution >= 0.6 is 0 Å². The fourth-order valence-corrected chi connectivity index (χ4v) is 5.37. The molecule has 36 heavy (non-hydrogen) atoms. The average molecular weight is 502 g/mol. The molecule has 2 N–H and O–H groups in total. The number of β-amino-alcohol motifs (C(OH)–C–C–N with tert-alkyl or cyclic N) is 1. The number of nitrogens with zero attached hydrogens (tertiary/aromatic N) is 4. The molecule has 194 valence electrons. The van der Waals surface area contributed by atoms with Crippen molar-refractivity contribution >= 4 is 11.8 Å². The highest BCUT2D eigenvalue weighted by atomic mass is 19.1. The molecular formula is C26H33F2N5O3. The molecule has 2 saturated carbocycles. The topological polar surface area (TPSA) is 100 Å². The van der Waals surface area contributed by atoms with Gasteiger partial charge < -0.3 is 15.3 Å². The summed E-state index contributed by atoms with van der Waals surface area (Å²) < 4.78 is 29.8. The Hall–Kier alpha value is -2.88. The van der Waals surface area contributed by atoms with Gasteiger partial charge in [-0.05, 0) is 48.6 Å². The number of rotatable bonds is 7. The SMILES string of the molecule is CC(C)(C)[C@@H](C(=O)N1C[C@H](O)C[C@H]1C(=O)NC[C@@H]1C[C@H]1c1c(F)cccc1F)n1cc(C2CC2)nn1. The number of benzene rings is 1. The highest BCUT2D eigenvalue weighted by Gasteiger charge is 2.46. The van der Waals surface area contributed by atoms with Crippen molar-refractivity contribution in [2.75, 3.05) is 13.1 Å². The predicted molar refractivity (Wildman–Crippen MR) is 127 cm³/mol. The highest BCUT2D eigenvalue weighted by Crippen LogP contribution is 2.48. The van der Waals surface area contributed by atoms with Crippen LogP contribution in [0.4, 0.5) is 8.78 Å². The highest BCUT2D eigenvalue weighted by molar-refractivity contribution is 5.90. The first-order valence-electron chi connectivity index (χ1n) is 12.7. The largest absolute Gasteiger partial charge is 0.391 e. The number of nitrogens with one attached hydrogen (secondary N) is 1. The molecule has 5 atom stereocenters. The quantitative estimate of drug-likeness (QED) is 0.608. The molecule has 1 aliphatic heterocycles. The summed E-state index contributed by atoms with van der Waals surface area (Å²) in [5.74, 6) is -1.77. The van der Waals surface area contributed by atoms with Crippen LogP contribution in [-0.4, -0.2) is 62.0 Å². The van der Waals surface area contributed by atoms with Crippen LogP contribution < -0.4 is 5.32 Å². The molecular weight excluding hydrogens is 468 g/mol. The fourth-order valence-electron chi connectivity index (χ4n) is 5.37. The van der Waals surface area contributed by atoms with E-state index in [9.17, 15) is 23.5 Å². The molecule has 0 radical (unpaired) electrons. The van der Waals surface area contributed by atoms with E-state index in [2.05, 4.69) is 15.6 Å². The van der Waals surface area contributed by atoms with Gasteiger partial charge in [0.1, 0.15) is 23.7 Å². The summed E-state index contributed by atoms with van der Waals surface area (Å²) in [6, 6.07) is 2.30. The zero-order valence-electron chi connectivity index (χ0n) is 20.8. The molecule has 1 aromatic carbocycles. The molecule has 1 aromatic heterocycles. The van der Waals surface area contributed by atoms with Gasteiger partial charge in [0, 0.05) is 37.2 Å². The molecule has 2 aromatic rings. The second-order valence-electron chi connectivity index (χ2n) is 11.5. The van der Waals surface area contributed by atoms with E-state index in [1.165, 1.54) is 23.1 Å². The third-order valence-corrected chi connectivity index (χ3v) is 7.54. The molecule has 0 spiro atoms. The van der Waals surface area contributed by atoms with Crippen molar-refractivity contribution in [3.63, 3.8) is 0 Å². The molecule has 3 aliphatic rings. The molecule has 0 bridgehead atoms. The zero-order chi connectivity index (χ0) is 25.8. The van der Waals surface area contributed by atoms with Crippen molar-refractivity contribution in [1.29, 1.82) is 0 Å². The Morgan fingerprint density at radius 1 is 1.19 bits per heavy atom. The maximum absolute atomic E-state index is 14.1. The minimum Gasteiger partial charge on any atom is -0.391 e. The monoisotopic (exact) mass is 501 g/mol. The predicted octanol–water partition coefficient (Wildman–Crippen LogP) is 2.90. The molecule has 1 saturated heterocycles. The Morgan fingerprint density at radius 2 is 1.89 bits per heavy atom. The maximum atomic E-state index is 14.1. The smallest absolute Gasteiger partial charge is 0.248 e. The number of likely N-dealkylation sites (tertiary alicyclic amines) is 1. The summed E-state index contributed by atoms with van der Waals surface area (Å²) in [5, 5.41) is 21.7. The standard InChI is InChI=1S/C26H33F2N5O3/c1-26(2,3)23(33-13-20(30-31-33)14-7-8-14)25(36)32-12-16(34)10-21(32)24(35)29-11-15-9-17(15)22-18(27)5-4-6-19(22)28/h4-6,13-17,21,23,34H,7-12H2,1-3H3,(H,29,35)/t15-,16+,17+,21-,23+/m0/s1. The van der Waals surface area contributed by atoms with Crippen LogP contribution in [-0.2, 0) is 9.59 Å². The van der Waals surface area contributed by atoms with Crippen molar-refractivity contribution in [2.24, 2.45) is 11.3 Å². The first-order chi connectivity index (χ1) is 17.0. The molecule has 3 fully saturated rings. The number of hydrogen-bond acceptors (Lipinski definition) is 5. The Morgan fingerprint density at radius 3 is 2.53 bits per heavy atom. The molecule has 2 amide bonds. The minimum absolute atomic E-state index is 0.0557. The van der Waals surface area contributed by atoms with Gasteiger partial charge in [0.05, 0.1) is 11.8 Å². The second-order valence-corrected chi connectivity index (χ2v) is 11.5. The van der Waals surface area contributed by atoms with E-state index in [4.69, 9.17) is 0 Å². The lowest BCUT2D eigenvalue weighted by Gasteiger charge is -2.34. The molecule has 2 heterocycles. The number of carbonyl (C=O) groups excluding carboxylic acids is 2. The summed E-state index contributed by atoms with van der Waals surface area (Å²) in [6.45, 7) is 6.11. The third-order valence-electron chi connectivity index (χ3n) is 7.54. The summed E-state index contributed by atoms with van der Waals surface area (Å²) in [5.41, 5.74) is 0.431. The van der Waals surface area contributed by atoms with Crippen molar-refractivity contribution < 1.29 is 23.5 Å². The Bertz CT molecular complexity index is 1140. The minimum atomic E-state index is -0.828. The van der Waals surface area contributed by atoms with E-state index in [1.807, 2.05) is 27.0 Å². The number of carbonyl (C=O) groups is 2. The molecule has 5 rings (SSSR count). The molecule has 0 unspecified atom stereocenters. The van der Waals surface area contributed by atoms with Crippen LogP contribution in [0.25, 0.3) is 0 Å². The van der Waals surface area contributed by atoms with Crippen LogP contribution in [0.15, 0.2) is 24.4 Å². The Kier molecular flexibility index (Phi) is 6.34. The Balaban J connectivity index is 1.26. The normalized spacial score (nSPS) is 26.7. The van der Waals surface area contributed by atoms with E-state index in [0.717, 1.165) is 18.5 Å². The van der Waals surface area contributed by atoms with Crippen LogP contribution in [0.2, 0.25) is 0 Å². The number of aromatic nitrogens is 3. The van der Waals surface area contributed by atoms with E-state index in [1.54, 1.807) is 4.68 Å². The van der Waals surface area contributed by atoms with Crippen LogP contribution in [0.5, 0.6) is 0 Å². The number of aliphatic hydroxyl groups excluding tert-OH is 1. The van der Waals surface area contributed by atoms with Gasteiger partial charge in [-0.1, -0.05) is 32.1 Å². The number of aliphatic hydroxyl groups is 1. The number of halogens is 2. The zero-order valence-corrected chi connectivity index (χ0v) is 20.8. The number of amides is 2. The molecule has 8 nitrogen and oxygen atoms in total. The van der Waals surface area contributed by atoms with Crippen molar-refractivity contribution in [1.82, 2.24) is 25.2 Å². The van der Waals surface area contributed by atoms with Crippen molar-refractivity contribution in [3.05, 3.63) is 47.3 Å². The average Bonchev–Trinajstić information content (AvgIpc) is 3.70. The van der Waals surface area contributed by atoms with Gasteiger partial charge in [-0.3, -0.25) is 9.59 Å². The maximum Gasteiger partial charge on any atom is 0.248 e. The van der Waals surface area contributed by atoms with Crippen molar-refractivity contribution in [2.45, 2.75) is 76.5 Å². The van der Waals surface area contributed by atoms with E-state index >= 15 is 0 Å². The summed E-state index contributed by atoms with van der Waals surface area (Å²) >= 11 is 0. The Labute approximate surface area is 209 Å². The van der Waals surface area contributed by atoms with Gasteiger partial charge in [0.2, 0.25) is 11.8 Å². The lowest BCUT2D eigenvalue weighted by Crippen LogP contribution is -2.50. The summed E-state index contributed by atoms with van der Waals surface area (Å²) in [4.78, 5) is 28.3. The van der Waals surface area contributed by atoms with E-state index in [-0.39, 0.29) is 48.7 Å². The van der Waals surface area contributed by atoms with E-state index in [0.29, 0.717) is 12.3 Å². The van der Waals surface area contributed by atoms with Gasteiger partial charge >= 0.3 is 0 Å². The lowest BCUT2D eigenvalue weighted by molar-refractivity contribution is -0.144. The van der Waals surface area contributed by atoms with Crippen LogP contribution in [0.3, 0.4) is 0 Å². The van der Waals surface area contributed by atoms with Gasteiger partial charge in [-0.15, -0.1) is 5.10 Å². The molecule has 2 aliphatic carbocycles. The van der Waals surface area contributed by atoms with Crippen molar-refractivity contribution in [3.8, 4) is 0 Å². The van der Waals surface area contributed by atoms with Crippen LogP contribution in [0.1, 0.15) is 75.6 Å². The van der Waals surface area contributed by atoms with Gasteiger partial charge in [-0.2, -0.15) is 0 Å². The van der Waals surface area contributed by atoms with Gasteiger partial charge in [-0.25, -0.2) is 13.5 Å². The van der Waals surface area contributed by atoms with Gasteiger partial charge in [0.15, 0.2) is 0 Å². The summed E-state index contributed by atoms with van der Waals surface area (Å²) in [6.07, 6.45) is 3.86. The number of hydrogen-bond donors (Lipinski definition) is 2. The lowest BCUT2D eigenvalue weighted by atomic mass is 9.85. The fraction of sp³-hybridized carbons (Fsp3) is 0.615. The van der Waals surface area contributed by atoms with Crippen LogP contribution in [0, 0.1) is 23.0 Å². The van der Waals surface area contributed by atoms with Gasteiger partial charge in [0.25, 0.3) is 0 Å².